The van der Waals surface area contributed by atoms with Gasteiger partial charge in [-0.2, -0.15) is 5.26 Å². The summed E-state index contributed by atoms with van der Waals surface area (Å²) in [5.41, 5.74) is 0.972. The predicted octanol–water partition coefficient (Wildman–Crippen LogP) is 1.53. The third kappa shape index (κ3) is 1.93. The zero-order valence-electron chi connectivity index (χ0n) is 9.97. The highest BCUT2D eigenvalue weighted by molar-refractivity contribution is 6.52. The van der Waals surface area contributed by atoms with Crippen molar-refractivity contribution in [3.05, 3.63) is 23.8 Å². The number of nitrogens with zero attached hydrogens (tertiary/aromatic N) is 2. The van der Waals surface area contributed by atoms with Crippen molar-refractivity contribution in [1.82, 2.24) is 0 Å². The molecule has 0 radical (unpaired) electrons. The van der Waals surface area contributed by atoms with Crippen LogP contribution in [0, 0.1) is 11.3 Å². The molecule has 0 saturated carbocycles. The van der Waals surface area contributed by atoms with Crippen LogP contribution < -0.4 is 9.64 Å². The van der Waals surface area contributed by atoms with E-state index in [1.807, 2.05) is 6.07 Å². The Kier molecular flexibility index (Phi) is 3.28. The largest absolute Gasteiger partial charge is 0.497 e. The average Bonchev–Trinajstić information content (AvgIpc) is 2.63. The van der Waals surface area contributed by atoms with Gasteiger partial charge in [-0.25, -0.2) is 0 Å². The SMILES string of the molecule is COc1ccc2c(c1)N(CCCC#N)C(=O)C2=O. The highest BCUT2D eigenvalue weighted by Crippen LogP contribution is 2.32. The van der Waals surface area contributed by atoms with Crippen LogP contribution >= 0.6 is 0 Å². The number of unbranched alkanes of at least 4 members (excludes halogenated alkanes) is 1. The number of amides is 1. The predicted molar refractivity (Wildman–Crippen MR) is 64.5 cm³/mol. The number of nitriles is 1. The van der Waals surface area contributed by atoms with Gasteiger partial charge in [-0.15, -0.1) is 0 Å². The molecular formula is C13H12N2O3. The van der Waals surface area contributed by atoms with E-state index in [4.69, 9.17) is 10.00 Å². The van der Waals surface area contributed by atoms with Crippen molar-refractivity contribution in [2.24, 2.45) is 0 Å². The standard InChI is InChI=1S/C13H12N2O3/c1-18-9-4-5-10-11(8-9)15(7-3-2-6-14)13(17)12(10)16/h4-5,8H,2-3,7H2,1H3. The minimum absolute atomic E-state index is 0.358. The summed E-state index contributed by atoms with van der Waals surface area (Å²) >= 11 is 0. The van der Waals surface area contributed by atoms with Crippen LogP contribution in [0.15, 0.2) is 18.2 Å². The Hall–Kier alpha value is -2.35. The summed E-state index contributed by atoms with van der Waals surface area (Å²) in [6, 6.07) is 6.94. The molecule has 0 saturated heterocycles. The molecule has 0 fully saturated rings. The summed E-state index contributed by atoms with van der Waals surface area (Å²) < 4.78 is 5.08. The second-order valence-corrected chi connectivity index (χ2v) is 3.93. The van der Waals surface area contributed by atoms with Crippen molar-refractivity contribution in [2.45, 2.75) is 12.8 Å². The zero-order chi connectivity index (χ0) is 13.1. The maximum Gasteiger partial charge on any atom is 0.299 e. The Bertz CT molecular complexity index is 546. The van der Waals surface area contributed by atoms with E-state index >= 15 is 0 Å². The van der Waals surface area contributed by atoms with Gasteiger partial charge in [0.1, 0.15) is 5.75 Å². The maximum absolute atomic E-state index is 11.8. The fraction of sp³-hybridized carbons (Fsp3) is 0.308. The number of anilines is 1. The molecule has 1 heterocycles. The van der Waals surface area contributed by atoms with Gasteiger partial charge >= 0.3 is 0 Å². The van der Waals surface area contributed by atoms with Gasteiger partial charge in [0.25, 0.3) is 11.7 Å². The Morgan fingerprint density at radius 3 is 2.83 bits per heavy atom. The Morgan fingerprint density at radius 2 is 2.17 bits per heavy atom. The number of carbonyl (C=O) groups is 2. The molecule has 1 aliphatic heterocycles. The van der Waals surface area contributed by atoms with Crippen molar-refractivity contribution in [1.29, 1.82) is 5.26 Å². The summed E-state index contributed by atoms with van der Waals surface area (Å²) in [6.07, 6.45) is 0.906. The average molecular weight is 244 g/mol. The number of Topliss-reactive ketones (excluding diaryl/α,β-unsaturated/α-hetero) is 1. The first kappa shape index (κ1) is 12.1. The van der Waals surface area contributed by atoms with Crippen LogP contribution in [-0.2, 0) is 4.79 Å². The number of hydrogen-bond acceptors (Lipinski definition) is 4. The number of benzene rings is 1. The molecule has 18 heavy (non-hydrogen) atoms. The second kappa shape index (κ2) is 4.88. The molecule has 1 amide bonds. The fourth-order valence-corrected chi connectivity index (χ4v) is 1.94. The first-order valence-electron chi connectivity index (χ1n) is 5.60. The molecule has 0 unspecified atom stereocenters. The second-order valence-electron chi connectivity index (χ2n) is 3.93. The van der Waals surface area contributed by atoms with E-state index in [-0.39, 0.29) is 0 Å². The number of ketones is 1. The van der Waals surface area contributed by atoms with Crippen molar-refractivity contribution in [3.63, 3.8) is 0 Å². The van der Waals surface area contributed by atoms with Gasteiger partial charge in [-0.3, -0.25) is 9.59 Å². The number of hydrogen-bond donors (Lipinski definition) is 0. The molecular weight excluding hydrogens is 232 g/mol. The lowest BCUT2D eigenvalue weighted by Crippen LogP contribution is -2.30. The number of methoxy groups -OCH3 is 1. The normalized spacial score (nSPS) is 13.4. The molecule has 92 valence electrons. The number of carbonyl (C=O) groups excluding carboxylic acids is 2. The quantitative estimate of drug-likeness (QED) is 0.594. The number of fused-ring (bicyclic) bond motifs is 1. The van der Waals surface area contributed by atoms with Gasteiger partial charge in [0.05, 0.1) is 24.4 Å². The van der Waals surface area contributed by atoms with E-state index in [0.29, 0.717) is 36.4 Å². The first-order valence-corrected chi connectivity index (χ1v) is 5.60. The molecule has 1 aliphatic rings. The van der Waals surface area contributed by atoms with Gasteiger partial charge in [-0.05, 0) is 18.6 Å². The van der Waals surface area contributed by atoms with E-state index in [9.17, 15) is 9.59 Å². The summed E-state index contributed by atoms with van der Waals surface area (Å²) in [5, 5.41) is 8.50. The molecule has 0 spiro atoms. The van der Waals surface area contributed by atoms with E-state index in [0.717, 1.165) is 0 Å². The minimum atomic E-state index is -0.531. The Morgan fingerprint density at radius 1 is 1.39 bits per heavy atom. The highest BCUT2D eigenvalue weighted by atomic mass is 16.5. The molecule has 1 aromatic carbocycles. The van der Waals surface area contributed by atoms with Crippen molar-refractivity contribution in [2.75, 3.05) is 18.6 Å². The third-order valence-electron chi connectivity index (χ3n) is 2.85. The topological polar surface area (TPSA) is 70.4 Å². The Labute approximate surface area is 105 Å². The molecule has 5 nitrogen and oxygen atoms in total. The number of ether oxygens (including phenoxy) is 1. The summed E-state index contributed by atoms with van der Waals surface area (Å²) in [5.74, 6) is -0.428. The van der Waals surface area contributed by atoms with E-state index in [2.05, 4.69) is 0 Å². The molecule has 2 rings (SSSR count). The lowest BCUT2D eigenvalue weighted by molar-refractivity contribution is -0.114. The summed E-state index contributed by atoms with van der Waals surface area (Å²) in [4.78, 5) is 25.0. The molecule has 1 aromatic rings. The fourth-order valence-electron chi connectivity index (χ4n) is 1.94. The first-order chi connectivity index (χ1) is 8.69. The van der Waals surface area contributed by atoms with Crippen molar-refractivity contribution < 1.29 is 14.3 Å². The molecule has 5 heteroatoms. The molecule has 0 atom stereocenters. The monoisotopic (exact) mass is 244 g/mol. The molecule has 0 aromatic heterocycles. The number of rotatable bonds is 4. The van der Waals surface area contributed by atoms with Gasteiger partial charge in [0, 0.05) is 19.0 Å². The van der Waals surface area contributed by atoms with Gasteiger partial charge in [-0.1, -0.05) is 0 Å². The summed E-state index contributed by atoms with van der Waals surface area (Å²) in [6.45, 7) is 0.373. The lowest BCUT2D eigenvalue weighted by atomic mass is 10.1. The van der Waals surface area contributed by atoms with E-state index in [1.54, 1.807) is 18.2 Å². The van der Waals surface area contributed by atoms with Crippen LogP contribution in [0.25, 0.3) is 0 Å². The van der Waals surface area contributed by atoms with Crippen LogP contribution in [0.1, 0.15) is 23.2 Å². The van der Waals surface area contributed by atoms with Gasteiger partial charge in [0.2, 0.25) is 0 Å². The lowest BCUT2D eigenvalue weighted by Gasteiger charge is -2.15. The Balaban J connectivity index is 2.31. The van der Waals surface area contributed by atoms with Crippen LogP contribution in [0.3, 0.4) is 0 Å². The van der Waals surface area contributed by atoms with Crippen LogP contribution in [-0.4, -0.2) is 25.3 Å². The highest BCUT2D eigenvalue weighted by Gasteiger charge is 2.35. The zero-order valence-corrected chi connectivity index (χ0v) is 9.97. The van der Waals surface area contributed by atoms with Crippen molar-refractivity contribution in [3.8, 4) is 11.8 Å². The summed E-state index contributed by atoms with van der Waals surface area (Å²) in [7, 11) is 1.53. The smallest absolute Gasteiger partial charge is 0.299 e. The van der Waals surface area contributed by atoms with Gasteiger partial charge < -0.3 is 9.64 Å². The van der Waals surface area contributed by atoms with E-state index < -0.39 is 11.7 Å². The third-order valence-corrected chi connectivity index (χ3v) is 2.85. The van der Waals surface area contributed by atoms with Crippen molar-refractivity contribution >= 4 is 17.4 Å². The van der Waals surface area contributed by atoms with Crippen LogP contribution in [0.4, 0.5) is 5.69 Å². The maximum atomic E-state index is 11.8. The van der Waals surface area contributed by atoms with Crippen LogP contribution in [0.2, 0.25) is 0 Å². The van der Waals surface area contributed by atoms with Gasteiger partial charge in [0.15, 0.2) is 0 Å². The minimum Gasteiger partial charge on any atom is -0.497 e. The molecule has 0 bridgehead atoms. The molecule has 0 aliphatic carbocycles. The van der Waals surface area contributed by atoms with E-state index in [1.165, 1.54) is 12.0 Å². The van der Waals surface area contributed by atoms with Crippen LogP contribution in [0.5, 0.6) is 5.75 Å². The molecule has 0 N–H and O–H groups in total.